The second-order valence-electron chi connectivity index (χ2n) is 5.08. The van der Waals surface area contributed by atoms with Crippen LogP contribution in [0.1, 0.15) is 40.0 Å². The molecule has 2 aliphatic rings. The van der Waals surface area contributed by atoms with Crippen molar-refractivity contribution in [1.82, 2.24) is 0 Å². The second-order valence-corrected chi connectivity index (χ2v) is 7.56. The van der Waals surface area contributed by atoms with Gasteiger partial charge >= 0.3 is 9.28 Å². The third-order valence-corrected chi connectivity index (χ3v) is 7.04. The van der Waals surface area contributed by atoms with E-state index < -0.39 is 9.28 Å². The van der Waals surface area contributed by atoms with Gasteiger partial charge < -0.3 is 8.85 Å². The lowest BCUT2D eigenvalue weighted by molar-refractivity contribution is 0.192. The summed E-state index contributed by atoms with van der Waals surface area (Å²) in [5.41, 5.74) is 0. The molecule has 92 valence electrons. The molecule has 0 saturated heterocycles. The molecular formula is C13H24O2Si. The number of hydrogen-bond donors (Lipinski definition) is 0. The summed E-state index contributed by atoms with van der Waals surface area (Å²) in [7, 11) is -1.52. The molecule has 0 aliphatic heterocycles. The van der Waals surface area contributed by atoms with Crippen LogP contribution < -0.4 is 0 Å². The van der Waals surface area contributed by atoms with E-state index in [1.165, 1.54) is 19.3 Å². The summed E-state index contributed by atoms with van der Waals surface area (Å²) >= 11 is 0. The van der Waals surface area contributed by atoms with Crippen LogP contribution in [0.2, 0.25) is 5.04 Å². The van der Waals surface area contributed by atoms with E-state index >= 15 is 0 Å². The largest absolute Gasteiger partial charge is 0.396 e. The molecule has 3 atom stereocenters. The molecule has 0 spiro atoms. The zero-order valence-corrected chi connectivity index (χ0v) is 11.9. The minimum atomic E-state index is -1.52. The summed E-state index contributed by atoms with van der Waals surface area (Å²) in [5, 5.41) is 0.317. The minimum absolute atomic E-state index is 0.317. The van der Waals surface area contributed by atoms with Crippen LogP contribution in [0.4, 0.5) is 0 Å². The van der Waals surface area contributed by atoms with Gasteiger partial charge in [-0.2, -0.15) is 0 Å². The van der Waals surface area contributed by atoms with Gasteiger partial charge in [-0.3, -0.25) is 0 Å². The van der Waals surface area contributed by atoms with Gasteiger partial charge in [0, 0.05) is 18.3 Å². The Bertz CT molecular complexity index is 261. The monoisotopic (exact) mass is 240 g/mol. The van der Waals surface area contributed by atoms with Gasteiger partial charge in [-0.15, -0.1) is 0 Å². The third kappa shape index (κ3) is 2.00. The Labute approximate surface area is 101 Å². The van der Waals surface area contributed by atoms with E-state index in [0.717, 1.165) is 25.0 Å². The van der Waals surface area contributed by atoms with Crippen LogP contribution in [0, 0.1) is 11.8 Å². The summed E-state index contributed by atoms with van der Waals surface area (Å²) < 4.78 is 11.9. The highest BCUT2D eigenvalue weighted by Gasteiger charge is 2.53. The van der Waals surface area contributed by atoms with Crippen molar-refractivity contribution in [2.24, 2.45) is 11.8 Å². The first-order valence-corrected chi connectivity index (χ1v) is 8.20. The number of hydrogen-bond acceptors (Lipinski definition) is 2. The molecule has 0 aromatic carbocycles. The number of allylic oxidation sites excluding steroid dienone is 2. The normalized spacial score (nSPS) is 36.5. The van der Waals surface area contributed by atoms with E-state index in [1.54, 1.807) is 0 Å². The van der Waals surface area contributed by atoms with Gasteiger partial charge in [-0.1, -0.05) is 25.5 Å². The van der Waals surface area contributed by atoms with Crippen molar-refractivity contribution in [3.8, 4) is 0 Å². The molecule has 0 heterocycles. The predicted octanol–water partition coefficient (Wildman–Crippen LogP) is 3.03. The molecule has 0 amide bonds. The predicted molar refractivity (Wildman–Crippen MR) is 68.7 cm³/mol. The molecule has 0 N–H and O–H groups in total. The van der Waals surface area contributed by atoms with E-state index in [4.69, 9.17) is 8.85 Å². The summed E-state index contributed by atoms with van der Waals surface area (Å²) in [6.45, 7) is 8.07. The van der Waals surface area contributed by atoms with Crippen LogP contribution in [0.15, 0.2) is 12.2 Å². The quantitative estimate of drug-likeness (QED) is 0.525. The average molecular weight is 240 g/mol. The van der Waals surface area contributed by atoms with Crippen LogP contribution in [0.3, 0.4) is 0 Å². The highest BCUT2D eigenvalue weighted by atomic mass is 28.3. The van der Waals surface area contributed by atoms with E-state index in [-0.39, 0.29) is 0 Å². The fraction of sp³-hybridized carbons (Fsp3) is 0.846. The van der Waals surface area contributed by atoms with Crippen molar-refractivity contribution in [2.75, 3.05) is 13.2 Å². The first-order chi connectivity index (χ1) is 7.75. The molecule has 3 heteroatoms. The number of fused-ring (bicyclic) bond motifs is 2. The van der Waals surface area contributed by atoms with Crippen LogP contribution in [0.25, 0.3) is 0 Å². The summed E-state index contributed by atoms with van der Waals surface area (Å²) in [6.07, 6.45) is 8.75. The molecule has 2 rings (SSSR count). The Morgan fingerprint density at radius 1 is 1.19 bits per heavy atom. The average Bonchev–Trinajstić information content (AvgIpc) is 2.87. The Hall–Kier alpha value is -0.123. The third-order valence-electron chi connectivity index (χ3n) is 4.17. The van der Waals surface area contributed by atoms with Crippen molar-refractivity contribution in [2.45, 2.75) is 45.1 Å². The topological polar surface area (TPSA) is 18.5 Å². The molecule has 2 aliphatic carbocycles. The Morgan fingerprint density at radius 2 is 1.88 bits per heavy atom. The van der Waals surface area contributed by atoms with Gasteiger partial charge in [-0.25, -0.2) is 0 Å². The van der Waals surface area contributed by atoms with Gasteiger partial charge in [0.05, 0.1) is 0 Å². The van der Waals surface area contributed by atoms with Crippen LogP contribution in [-0.2, 0) is 8.85 Å². The molecular weight excluding hydrogens is 216 g/mol. The van der Waals surface area contributed by atoms with E-state index in [0.29, 0.717) is 5.04 Å². The molecule has 0 aromatic rings. The van der Waals surface area contributed by atoms with Gasteiger partial charge in [-0.05, 0) is 38.5 Å². The van der Waals surface area contributed by atoms with Crippen molar-refractivity contribution in [1.29, 1.82) is 0 Å². The maximum Gasteiger partial charge on any atom is 0.331 e. The lowest BCUT2D eigenvalue weighted by Gasteiger charge is -2.32. The van der Waals surface area contributed by atoms with Gasteiger partial charge in [0.25, 0.3) is 0 Å². The fourth-order valence-electron chi connectivity index (χ4n) is 3.41. The Kier molecular flexibility index (Phi) is 3.87. The fourth-order valence-corrected chi connectivity index (χ4v) is 6.00. The SMILES string of the molecule is CCO[SiH](OCC)C12C=CC(C1)C(CC)C2. The van der Waals surface area contributed by atoms with Crippen LogP contribution in [0.5, 0.6) is 0 Å². The lowest BCUT2D eigenvalue weighted by Crippen LogP contribution is -2.36. The van der Waals surface area contributed by atoms with Crippen LogP contribution >= 0.6 is 0 Å². The Balaban J connectivity index is 2.09. The van der Waals surface area contributed by atoms with E-state index in [1.807, 2.05) is 0 Å². The molecule has 0 radical (unpaired) electrons. The van der Waals surface area contributed by atoms with Crippen molar-refractivity contribution < 1.29 is 8.85 Å². The molecule has 1 fully saturated rings. The molecule has 2 bridgehead atoms. The number of rotatable bonds is 6. The summed E-state index contributed by atoms with van der Waals surface area (Å²) in [4.78, 5) is 0. The summed E-state index contributed by atoms with van der Waals surface area (Å²) in [5.74, 6) is 1.68. The first-order valence-electron chi connectivity index (χ1n) is 6.68. The zero-order chi connectivity index (χ0) is 11.6. The summed E-state index contributed by atoms with van der Waals surface area (Å²) in [6, 6.07) is 0. The van der Waals surface area contributed by atoms with Crippen LogP contribution in [-0.4, -0.2) is 22.5 Å². The molecule has 2 nitrogen and oxygen atoms in total. The first kappa shape index (κ1) is 12.3. The molecule has 3 unspecified atom stereocenters. The van der Waals surface area contributed by atoms with Gasteiger partial charge in [0.1, 0.15) is 0 Å². The van der Waals surface area contributed by atoms with E-state index in [9.17, 15) is 0 Å². The molecule has 0 aromatic heterocycles. The van der Waals surface area contributed by atoms with Crippen molar-refractivity contribution in [3.05, 3.63) is 12.2 Å². The van der Waals surface area contributed by atoms with Crippen molar-refractivity contribution >= 4 is 9.28 Å². The Morgan fingerprint density at radius 3 is 2.38 bits per heavy atom. The smallest absolute Gasteiger partial charge is 0.331 e. The molecule has 1 saturated carbocycles. The maximum absolute atomic E-state index is 5.95. The minimum Gasteiger partial charge on any atom is -0.396 e. The zero-order valence-electron chi connectivity index (χ0n) is 10.7. The van der Waals surface area contributed by atoms with Gasteiger partial charge in [0.2, 0.25) is 0 Å². The lowest BCUT2D eigenvalue weighted by atomic mass is 9.91. The maximum atomic E-state index is 5.95. The standard InChI is InChI=1S/C13H24O2Si/c1-4-11-9-13(8-7-12(11)10-13)16(14-5-2)15-6-3/h7-8,11-12,16H,4-6,9-10H2,1-3H3. The second kappa shape index (κ2) is 5.03. The highest BCUT2D eigenvalue weighted by molar-refractivity contribution is 6.49. The van der Waals surface area contributed by atoms with Gasteiger partial charge in [0.15, 0.2) is 0 Å². The van der Waals surface area contributed by atoms with E-state index in [2.05, 4.69) is 32.9 Å². The van der Waals surface area contributed by atoms with Crippen molar-refractivity contribution in [3.63, 3.8) is 0 Å². The highest BCUT2D eigenvalue weighted by Crippen LogP contribution is 2.60. The molecule has 16 heavy (non-hydrogen) atoms.